The lowest BCUT2D eigenvalue weighted by molar-refractivity contribution is -0.143. The van der Waals surface area contributed by atoms with E-state index in [0.29, 0.717) is 4.88 Å². The Balaban J connectivity index is 1.33. The minimum atomic E-state index is -4.50. The van der Waals surface area contributed by atoms with Crippen LogP contribution in [-0.2, 0) is 19.6 Å². The zero-order chi connectivity index (χ0) is 26.1. The van der Waals surface area contributed by atoms with E-state index in [-0.39, 0.29) is 28.2 Å². The Hall–Kier alpha value is -2.92. The fourth-order valence-electron chi connectivity index (χ4n) is 4.76. The maximum absolute atomic E-state index is 13.7. The van der Waals surface area contributed by atoms with E-state index in [1.807, 2.05) is 20.2 Å². The van der Waals surface area contributed by atoms with Crippen molar-refractivity contribution in [2.24, 2.45) is 7.05 Å². The minimum Gasteiger partial charge on any atom is -0.399 e. The first-order valence-corrected chi connectivity index (χ1v) is 12.4. The number of ether oxygens (including phenoxy) is 1. The van der Waals surface area contributed by atoms with Crippen molar-refractivity contribution in [2.45, 2.75) is 49.9 Å². The lowest BCUT2D eigenvalue weighted by atomic mass is 9.75. The number of carbonyl (C=O) groups excluding carboxylic acids is 1. The molecule has 4 rings (SSSR count). The van der Waals surface area contributed by atoms with Crippen LogP contribution in [0.2, 0.25) is 0 Å². The lowest BCUT2D eigenvalue weighted by Crippen LogP contribution is -2.52. The van der Waals surface area contributed by atoms with Crippen LogP contribution in [0.15, 0.2) is 42.5 Å². The highest BCUT2D eigenvalue weighted by Crippen LogP contribution is 2.37. The van der Waals surface area contributed by atoms with Gasteiger partial charge in [-0.2, -0.15) is 18.3 Å². The molecular formula is C25H28F4N4O2S. The van der Waals surface area contributed by atoms with Crippen molar-refractivity contribution in [3.8, 4) is 15.6 Å². The van der Waals surface area contributed by atoms with Gasteiger partial charge in [0, 0.05) is 18.6 Å². The number of aryl methyl sites for hydroxylation is 1. The second-order valence-electron chi connectivity index (χ2n) is 9.39. The topological polar surface area (TPSA) is 59.4 Å². The zero-order valence-corrected chi connectivity index (χ0v) is 21.0. The van der Waals surface area contributed by atoms with Crippen LogP contribution in [0.4, 0.5) is 22.4 Å². The zero-order valence-electron chi connectivity index (χ0n) is 20.2. The number of thiophene rings is 1. The maximum Gasteiger partial charge on any atom is 0.433 e. The molecule has 194 valence electrons. The van der Waals surface area contributed by atoms with Gasteiger partial charge in [0.05, 0.1) is 4.88 Å². The summed E-state index contributed by atoms with van der Waals surface area (Å²) in [6.07, 6.45) is -1.25. The minimum absolute atomic E-state index is 0.0670. The number of hydrogen-bond acceptors (Lipinski definition) is 5. The summed E-state index contributed by atoms with van der Waals surface area (Å²) in [5, 5.41) is 7.09. The summed E-state index contributed by atoms with van der Waals surface area (Å²) < 4.78 is 59.0. The number of nitrogens with one attached hydrogen (secondary N) is 1. The fourth-order valence-corrected chi connectivity index (χ4v) is 5.57. The summed E-state index contributed by atoms with van der Waals surface area (Å²) >= 11 is 1.05. The molecule has 1 fully saturated rings. The first-order chi connectivity index (χ1) is 16.9. The SMILES string of the molecule is CN(C)C1(Cc2cccc(F)c2)CCC(NC(=O)Oc2ccc(-c3cc(C(F)(F)F)n(C)n3)s2)CC1. The average molecular weight is 525 g/mol. The summed E-state index contributed by atoms with van der Waals surface area (Å²) in [4.78, 5) is 15.1. The smallest absolute Gasteiger partial charge is 0.399 e. The average Bonchev–Trinajstić information content (AvgIpc) is 3.41. The maximum atomic E-state index is 13.7. The molecule has 1 amide bonds. The Bertz CT molecular complexity index is 1210. The van der Waals surface area contributed by atoms with E-state index in [1.165, 1.54) is 13.1 Å². The second-order valence-corrected chi connectivity index (χ2v) is 10.4. The number of aromatic nitrogens is 2. The molecule has 2 heterocycles. The van der Waals surface area contributed by atoms with Gasteiger partial charge in [-0.1, -0.05) is 23.5 Å². The molecule has 1 N–H and O–H groups in total. The number of rotatable bonds is 6. The number of nitrogens with zero attached hydrogens (tertiary/aromatic N) is 3. The normalized spacial score (nSPS) is 20.5. The Morgan fingerprint density at radius 3 is 2.56 bits per heavy atom. The standard InChI is InChI=1S/C25H28F4N4O2S/c1-32(2)24(15-16-5-4-6-17(26)13-16)11-9-18(10-12-24)30-23(34)35-22-8-7-20(36-22)19-14-21(25(27,28)29)33(3)31-19/h4-8,13-14,18H,9-12,15H2,1-3H3,(H,30,34). The lowest BCUT2D eigenvalue weighted by Gasteiger charge is -2.45. The molecule has 3 aromatic rings. The number of halogens is 4. The van der Waals surface area contributed by atoms with Crippen LogP contribution in [0.25, 0.3) is 10.6 Å². The number of benzene rings is 1. The van der Waals surface area contributed by atoms with E-state index in [2.05, 4.69) is 15.3 Å². The summed E-state index contributed by atoms with van der Waals surface area (Å²) in [6.45, 7) is 0. The fraction of sp³-hybridized carbons (Fsp3) is 0.440. The Morgan fingerprint density at radius 1 is 1.22 bits per heavy atom. The van der Waals surface area contributed by atoms with Crippen LogP contribution in [0.3, 0.4) is 0 Å². The van der Waals surface area contributed by atoms with Gasteiger partial charge >= 0.3 is 12.3 Å². The van der Waals surface area contributed by atoms with Gasteiger partial charge in [-0.25, -0.2) is 9.18 Å². The highest BCUT2D eigenvalue weighted by Gasteiger charge is 2.38. The van der Waals surface area contributed by atoms with Crippen LogP contribution in [0.1, 0.15) is 36.9 Å². The van der Waals surface area contributed by atoms with Crippen molar-refractivity contribution in [2.75, 3.05) is 14.1 Å². The third-order valence-electron chi connectivity index (χ3n) is 6.81. The first kappa shape index (κ1) is 26.2. The van der Waals surface area contributed by atoms with Gasteiger partial charge in [0.2, 0.25) is 0 Å². The van der Waals surface area contributed by atoms with Crippen LogP contribution in [-0.4, -0.2) is 46.4 Å². The Labute approximate surface area is 210 Å². The van der Waals surface area contributed by atoms with E-state index in [4.69, 9.17) is 4.74 Å². The van der Waals surface area contributed by atoms with Crippen molar-refractivity contribution < 1.29 is 27.1 Å². The number of hydrogen-bond donors (Lipinski definition) is 1. The van der Waals surface area contributed by atoms with Gasteiger partial charge in [0.1, 0.15) is 17.2 Å². The summed E-state index contributed by atoms with van der Waals surface area (Å²) in [6, 6.07) is 10.7. The van der Waals surface area contributed by atoms with Crippen molar-refractivity contribution in [3.05, 3.63) is 59.5 Å². The molecule has 0 aliphatic heterocycles. The number of alkyl halides is 3. The molecule has 11 heteroatoms. The molecule has 0 bridgehead atoms. The largest absolute Gasteiger partial charge is 0.433 e. The molecule has 1 saturated carbocycles. The highest BCUT2D eigenvalue weighted by molar-refractivity contribution is 7.17. The van der Waals surface area contributed by atoms with E-state index < -0.39 is 18.0 Å². The van der Waals surface area contributed by atoms with Crippen molar-refractivity contribution in [1.82, 2.24) is 20.0 Å². The monoisotopic (exact) mass is 524 g/mol. The summed E-state index contributed by atoms with van der Waals surface area (Å²) in [7, 11) is 5.28. The molecule has 2 aromatic heterocycles. The van der Waals surface area contributed by atoms with Crippen LogP contribution >= 0.6 is 11.3 Å². The van der Waals surface area contributed by atoms with E-state index in [9.17, 15) is 22.4 Å². The van der Waals surface area contributed by atoms with E-state index in [0.717, 1.165) is 59.8 Å². The van der Waals surface area contributed by atoms with Crippen LogP contribution in [0.5, 0.6) is 5.06 Å². The van der Waals surface area contributed by atoms with Gasteiger partial charge in [-0.05, 0) is 82.1 Å². The van der Waals surface area contributed by atoms with Crippen molar-refractivity contribution in [3.63, 3.8) is 0 Å². The Morgan fingerprint density at radius 2 is 1.94 bits per heavy atom. The number of likely N-dealkylation sites (N-methyl/N-ethyl adjacent to an activating group) is 1. The van der Waals surface area contributed by atoms with E-state index in [1.54, 1.807) is 24.3 Å². The second kappa shape index (κ2) is 10.2. The summed E-state index contributed by atoms with van der Waals surface area (Å²) in [5.74, 6) is -0.250. The molecule has 0 unspecified atom stereocenters. The van der Waals surface area contributed by atoms with Gasteiger partial charge in [-0.3, -0.25) is 4.68 Å². The highest BCUT2D eigenvalue weighted by atomic mass is 32.1. The number of carbonyl (C=O) groups is 1. The van der Waals surface area contributed by atoms with Crippen LogP contribution in [0, 0.1) is 5.82 Å². The quantitative estimate of drug-likeness (QED) is 0.409. The van der Waals surface area contributed by atoms with Gasteiger partial charge in [0.25, 0.3) is 0 Å². The van der Waals surface area contributed by atoms with Gasteiger partial charge in [-0.15, -0.1) is 0 Å². The van der Waals surface area contributed by atoms with E-state index >= 15 is 0 Å². The molecule has 0 radical (unpaired) electrons. The van der Waals surface area contributed by atoms with Crippen molar-refractivity contribution >= 4 is 17.4 Å². The molecule has 0 atom stereocenters. The molecule has 1 aliphatic rings. The molecule has 36 heavy (non-hydrogen) atoms. The molecule has 0 spiro atoms. The third-order valence-corrected chi connectivity index (χ3v) is 7.79. The Kier molecular flexibility index (Phi) is 7.42. The van der Waals surface area contributed by atoms with Gasteiger partial charge < -0.3 is 15.0 Å². The molecule has 1 aromatic carbocycles. The molecule has 0 saturated heterocycles. The van der Waals surface area contributed by atoms with Crippen molar-refractivity contribution in [1.29, 1.82) is 0 Å². The predicted octanol–water partition coefficient (Wildman–Crippen LogP) is 5.88. The van der Waals surface area contributed by atoms with Crippen LogP contribution < -0.4 is 10.1 Å². The predicted molar refractivity (Wildman–Crippen MR) is 129 cm³/mol. The number of amides is 1. The molecular weight excluding hydrogens is 496 g/mol. The summed E-state index contributed by atoms with van der Waals surface area (Å²) in [5.41, 5.74) is 0.125. The molecule has 1 aliphatic carbocycles. The first-order valence-electron chi connectivity index (χ1n) is 11.6. The molecule has 6 nitrogen and oxygen atoms in total. The van der Waals surface area contributed by atoms with Gasteiger partial charge in [0.15, 0.2) is 5.06 Å². The third kappa shape index (κ3) is 5.89.